The van der Waals surface area contributed by atoms with Gasteiger partial charge in [-0.3, -0.25) is 4.79 Å². The van der Waals surface area contributed by atoms with Crippen molar-refractivity contribution in [3.63, 3.8) is 0 Å². The summed E-state index contributed by atoms with van der Waals surface area (Å²) in [6, 6.07) is 2.09. The van der Waals surface area contributed by atoms with Gasteiger partial charge in [0.25, 0.3) is 0 Å². The summed E-state index contributed by atoms with van der Waals surface area (Å²) in [7, 11) is 4.07. The number of amides is 1. The van der Waals surface area contributed by atoms with Crippen molar-refractivity contribution >= 4 is 11.7 Å². The normalized spacial score (nSPS) is 21.9. The molecule has 0 bridgehead atoms. The molecular formula is C18H29N5O2. The molecule has 0 N–H and O–H groups in total. The fraction of sp³-hybridized carbons (Fsp3) is 0.722. The van der Waals surface area contributed by atoms with Crippen LogP contribution in [0.15, 0.2) is 6.07 Å². The standard InChI is InChI=1S/C18H29N5O2/c1-14-19-16(15-5-11-25-13-15)12-17(20-14)22-6-4-18(24)23(10-9-22)8-7-21(2)3/h12,15H,4-11,13H2,1-3H3/t15-/m1/s1. The van der Waals surface area contributed by atoms with Crippen molar-refractivity contribution in [1.82, 2.24) is 19.8 Å². The molecule has 0 aromatic carbocycles. The minimum Gasteiger partial charge on any atom is -0.381 e. The predicted molar refractivity (Wildman–Crippen MR) is 96.9 cm³/mol. The van der Waals surface area contributed by atoms with Gasteiger partial charge in [0.05, 0.1) is 12.3 Å². The molecule has 3 heterocycles. The smallest absolute Gasteiger partial charge is 0.224 e. The Bertz CT molecular complexity index is 601. The van der Waals surface area contributed by atoms with Crippen molar-refractivity contribution < 1.29 is 9.53 Å². The first-order valence-electron chi connectivity index (χ1n) is 9.13. The maximum Gasteiger partial charge on any atom is 0.224 e. The number of nitrogens with zero attached hydrogens (tertiary/aromatic N) is 5. The second-order valence-corrected chi connectivity index (χ2v) is 7.18. The van der Waals surface area contributed by atoms with Crippen LogP contribution >= 0.6 is 0 Å². The molecule has 2 saturated heterocycles. The van der Waals surface area contributed by atoms with Gasteiger partial charge < -0.3 is 19.4 Å². The summed E-state index contributed by atoms with van der Waals surface area (Å²) < 4.78 is 5.50. The number of hydrogen-bond donors (Lipinski definition) is 0. The van der Waals surface area contributed by atoms with Crippen LogP contribution in [0.5, 0.6) is 0 Å². The first-order chi connectivity index (χ1) is 12.0. The summed E-state index contributed by atoms with van der Waals surface area (Å²) in [5.41, 5.74) is 1.07. The number of ether oxygens (including phenoxy) is 1. The third-order valence-electron chi connectivity index (χ3n) is 4.92. The van der Waals surface area contributed by atoms with Gasteiger partial charge in [0.1, 0.15) is 11.6 Å². The first-order valence-corrected chi connectivity index (χ1v) is 9.13. The van der Waals surface area contributed by atoms with Gasteiger partial charge in [-0.1, -0.05) is 0 Å². The van der Waals surface area contributed by atoms with Gasteiger partial charge in [-0.15, -0.1) is 0 Å². The fourth-order valence-electron chi connectivity index (χ4n) is 3.37. The minimum absolute atomic E-state index is 0.236. The summed E-state index contributed by atoms with van der Waals surface area (Å²) in [5, 5.41) is 0. The van der Waals surface area contributed by atoms with Crippen molar-refractivity contribution in [3.05, 3.63) is 17.6 Å². The molecule has 2 aliphatic heterocycles. The molecule has 0 saturated carbocycles. The molecule has 138 valence electrons. The maximum absolute atomic E-state index is 12.4. The largest absolute Gasteiger partial charge is 0.381 e. The fourth-order valence-corrected chi connectivity index (χ4v) is 3.37. The molecule has 0 radical (unpaired) electrons. The number of hydrogen-bond acceptors (Lipinski definition) is 6. The van der Waals surface area contributed by atoms with Gasteiger partial charge in [0.2, 0.25) is 5.91 Å². The average molecular weight is 347 g/mol. The average Bonchev–Trinajstić information content (AvgIpc) is 3.04. The molecule has 1 atom stereocenters. The van der Waals surface area contributed by atoms with Crippen LogP contribution in [0.4, 0.5) is 5.82 Å². The van der Waals surface area contributed by atoms with E-state index in [1.165, 1.54) is 0 Å². The van der Waals surface area contributed by atoms with Crippen LogP contribution in [-0.4, -0.2) is 85.7 Å². The predicted octanol–water partition coefficient (Wildman–Crippen LogP) is 0.889. The zero-order valence-electron chi connectivity index (χ0n) is 15.6. The lowest BCUT2D eigenvalue weighted by molar-refractivity contribution is -0.130. The van der Waals surface area contributed by atoms with Gasteiger partial charge in [-0.05, 0) is 27.4 Å². The molecule has 2 aliphatic rings. The van der Waals surface area contributed by atoms with E-state index >= 15 is 0 Å². The van der Waals surface area contributed by atoms with E-state index in [0.717, 1.165) is 63.1 Å². The molecule has 2 fully saturated rings. The van der Waals surface area contributed by atoms with Crippen LogP contribution in [0.1, 0.15) is 30.3 Å². The van der Waals surface area contributed by atoms with Gasteiger partial charge in [-0.2, -0.15) is 0 Å². The Morgan fingerprint density at radius 3 is 2.84 bits per heavy atom. The summed E-state index contributed by atoms with van der Waals surface area (Å²) >= 11 is 0. The highest BCUT2D eigenvalue weighted by molar-refractivity contribution is 5.77. The zero-order chi connectivity index (χ0) is 17.8. The third-order valence-corrected chi connectivity index (χ3v) is 4.92. The van der Waals surface area contributed by atoms with E-state index in [4.69, 9.17) is 4.74 Å². The van der Waals surface area contributed by atoms with Crippen molar-refractivity contribution in [2.45, 2.75) is 25.7 Å². The topological polar surface area (TPSA) is 61.8 Å². The number of likely N-dealkylation sites (N-methyl/N-ethyl adjacent to an activating group) is 1. The van der Waals surface area contributed by atoms with Crippen LogP contribution in [-0.2, 0) is 9.53 Å². The molecule has 1 aromatic heterocycles. The van der Waals surface area contributed by atoms with Gasteiger partial charge >= 0.3 is 0 Å². The van der Waals surface area contributed by atoms with Crippen molar-refractivity contribution in [2.75, 3.05) is 64.9 Å². The van der Waals surface area contributed by atoms with Gasteiger partial charge in [-0.25, -0.2) is 9.97 Å². The second kappa shape index (κ2) is 8.10. The molecule has 3 rings (SSSR count). The summed E-state index contributed by atoms with van der Waals surface area (Å²) in [6.07, 6.45) is 1.56. The summed E-state index contributed by atoms with van der Waals surface area (Å²) in [6.45, 7) is 7.45. The first kappa shape index (κ1) is 18.1. The number of carbonyl (C=O) groups is 1. The molecular weight excluding hydrogens is 318 g/mol. The van der Waals surface area contributed by atoms with E-state index in [2.05, 4.69) is 25.8 Å². The van der Waals surface area contributed by atoms with E-state index < -0.39 is 0 Å². The van der Waals surface area contributed by atoms with Crippen LogP contribution < -0.4 is 4.90 Å². The Morgan fingerprint density at radius 2 is 2.12 bits per heavy atom. The van der Waals surface area contributed by atoms with Gasteiger partial charge in [0, 0.05) is 57.7 Å². The van der Waals surface area contributed by atoms with Gasteiger partial charge in [0.15, 0.2) is 0 Å². The molecule has 1 aromatic rings. The van der Waals surface area contributed by atoms with E-state index in [0.29, 0.717) is 18.9 Å². The van der Waals surface area contributed by atoms with Crippen LogP contribution in [0.3, 0.4) is 0 Å². The highest BCUT2D eigenvalue weighted by Crippen LogP contribution is 2.26. The molecule has 0 unspecified atom stereocenters. The lowest BCUT2D eigenvalue weighted by Gasteiger charge is -2.24. The zero-order valence-corrected chi connectivity index (χ0v) is 15.6. The number of aryl methyl sites for hydroxylation is 1. The monoisotopic (exact) mass is 347 g/mol. The summed E-state index contributed by atoms with van der Waals surface area (Å²) in [5.74, 6) is 2.33. The Kier molecular flexibility index (Phi) is 5.86. The number of anilines is 1. The summed E-state index contributed by atoms with van der Waals surface area (Å²) in [4.78, 5) is 27.9. The highest BCUT2D eigenvalue weighted by Gasteiger charge is 2.24. The number of carbonyl (C=O) groups excluding carboxylic acids is 1. The highest BCUT2D eigenvalue weighted by atomic mass is 16.5. The van der Waals surface area contributed by atoms with E-state index in [9.17, 15) is 4.79 Å². The van der Waals surface area contributed by atoms with E-state index in [1.807, 2.05) is 25.9 Å². The maximum atomic E-state index is 12.4. The molecule has 0 spiro atoms. The van der Waals surface area contributed by atoms with Crippen LogP contribution in [0.25, 0.3) is 0 Å². The molecule has 7 nitrogen and oxygen atoms in total. The Balaban J connectivity index is 1.70. The van der Waals surface area contributed by atoms with Crippen LogP contribution in [0.2, 0.25) is 0 Å². The molecule has 1 amide bonds. The second-order valence-electron chi connectivity index (χ2n) is 7.18. The Morgan fingerprint density at radius 1 is 1.28 bits per heavy atom. The van der Waals surface area contributed by atoms with Crippen molar-refractivity contribution in [3.8, 4) is 0 Å². The molecule has 0 aliphatic carbocycles. The molecule has 7 heteroatoms. The SMILES string of the molecule is Cc1nc([C@@H]2CCOC2)cc(N2CCC(=O)N(CCN(C)C)CC2)n1. The van der Waals surface area contributed by atoms with E-state index in [-0.39, 0.29) is 5.91 Å². The number of rotatable bonds is 5. The Labute approximate surface area is 150 Å². The quantitative estimate of drug-likeness (QED) is 0.788. The minimum atomic E-state index is 0.236. The Hall–Kier alpha value is -1.73. The third kappa shape index (κ3) is 4.67. The lowest BCUT2D eigenvalue weighted by Crippen LogP contribution is -2.38. The van der Waals surface area contributed by atoms with Crippen molar-refractivity contribution in [1.29, 1.82) is 0 Å². The van der Waals surface area contributed by atoms with E-state index in [1.54, 1.807) is 0 Å². The number of aromatic nitrogens is 2. The van der Waals surface area contributed by atoms with Crippen molar-refractivity contribution in [2.24, 2.45) is 0 Å². The molecule has 25 heavy (non-hydrogen) atoms. The van der Waals surface area contributed by atoms with Crippen LogP contribution in [0, 0.1) is 6.92 Å². The lowest BCUT2D eigenvalue weighted by atomic mass is 10.0.